The Balaban J connectivity index is 2.31. The summed E-state index contributed by atoms with van der Waals surface area (Å²) in [5.74, 6) is -1.34. The monoisotopic (exact) mass is 338 g/mol. The smallest absolute Gasteiger partial charge is 0.313 e. The fraction of sp³-hybridized carbons (Fsp3) is 0.467. The summed E-state index contributed by atoms with van der Waals surface area (Å²) in [4.78, 5) is 35.9. The van der Waals surface area contributed by atoms with E-state index in [1.165, 1.54) is 31.3 Å². The number of carbonyl (C=O) groups is 2. The molecule has 0 saturated carbocycles. The lowest BCUT2D eigenvalue weighted by molar-refractivity contribution is -0.384. The number of likely N-dealkylation sites (tertiary alicyclic amines) is 1. The van der Waals surface area contributed by atoms with Gasteiger partial charge in [-0.15, -0.1) is 0 Å². The van der Waals surface area contributed by atoms with Crippen molar-refractivity contribution in [3.63, 3.8) is 0 Å². The summed E-state index contributed by atoms with van der Waals surface area (Å²) >= 11 is 0. The molecule has 2 rings (SSSR count). The van der Waals surface area contributed by atoms with Gasteiger partial charge in [-0.3, -0.25) is 19.7 Å². The summed E-state index contributed by atoms with van der Waals surface area (Å²) in [5, 5.41) is 20.4. The van der Waals surface area contributed by atoms with Crippen LogP contribution in [0.2, 0.25) is 0 Å². The van der Waals surface area contributed by atoms with Crippen molar-refractivity contribution in [3.8, 4) is 5.75 Å². The van der Waals surface area contributed by atoms with E-state index < -0.39 is 22.2 Å². The highest BCUT2D eigenvalue weighted by Gasteiger charge is 2.46. The third-order valence-corrected chi connectivity index (χ3v) is 4.14. The Hall–Kier alpha value is -2.68. The molecule has 1 aliphatic heterocycles. The van der Waals surface area contributed by atoms with E-state index in [1.807, 2.05) is 0 Å². The number of carboxylic acid groups (broad SMARTS) is 1. The van der Waals surface area contributed by atoms with Crippen molar-refractivity contribution < 1.29 is 29.1 Å². The maximum absolute atomic E-state index is 12.7. The molecule has 0 aromatic heterocycles. The van der Waals surface area contributed by atoms with Crippen LogP contribution in [0, 0.1) is 15.5 Å². The fourth-order valence-corrected chi connectivity index (χ4v) is 2.82. The van der Waals surface area contributed by atoms with Crippen LogP contribution in [0.5, 0.6) is 5.75 Å². The number of ether oxygens (including phenoxy) is 2. The number of carboxylic acids is 1. The van der Waals surface area contributed by atoms with E-state index in [4.69, 9.17) is 9.47 Å². The van der Waals surface area contributed by atoms with Crippen LogP contribution < -0.4 is 4.74 Å². The molecule has 130 valence electrons. The molecule has 1 aromatic rings. The van der Waals surface area contributed by atoms with E-state index in [1.54, 1.807) is 0 Å². The summed E-state index contributed by atoms with van der Waals surface area (Å²) < 4.78 is 10.1. The van der Waals surface area contributed by atoms with Crippen LogP contribution in [0.3, 0.4) is 0 Å². The first-order valence-corrected chi connectivity index (χ1v) is 7.18. The van der Waals surface area contributed by atoms with Crippen LogP contribution in [0.4, 0.5) is 5.69 Å². The van der Waals surface area contributed by atoms with Gasteiger partial charge in [-0.2, -0.15) is 0 Å². The number of non-ortho nitro benzene ring substituents is 1. The van der Waals surface area contributed by atoms with E-state index in [2.05, 4.69) is 0 Å². The minimum Gasteiger partial charge on any atom is -0.496 e. The third kappa shape index (κ3) is 3.16. The van der Waals surface area contributed by atoms with Gasteiger partial charge in [0.2, 0.25) is 0 Å². The van der Waals surface area contributed by atoms with Gasteiger partial charge in [0.05, 0.1) is 24.2 Å². The zero-order chi connectivity index (χ0) is 17.9. The quantitative estimate of drug-likeness (QED) is 0.610. The number of methoxy groups -OCH3 is 2. The van der Waals surface area contributed by atoms with E-state index in [-0.39, 0.29) is 43.1 Å². The topological polar surface area (TPSA) is 119 Å². The summed E-state index contributed by atoms with van der Waals surface area (Å²) in [5.41, 5.74) is -1.37. The zero-order valence-corrected chi connectivity index (χ0v) is 13.4. The molecule has 1 saturated heterocycles. The molecule has 0 spiro atoms. The molecular weight excluding hydrogens is 320 g/mol. The minimum absolute atomic E-state index is 0.0157. The van der Waals surface area contributed by atoms with E-state index in [0.29, 0.717) is 0 Å². The van der Waals surface area contributed by atoms with Gasteiger partial charge >= 0.3 is 5.97 Å². The molecule has 9 nitrogen and oxygen atoms in total. The summed E-state index contributed by atoms with van der Waals surface area (Å²) in [6.07, 6.45) is 0.249. The molecule has 1 heterocycles. The lowest BCUT2D eigenvalue weighted by Crippen LogP contribution is -2.40. The number of hydrogen-bond acceptors (Lipinski definition) is 6. The van der Waals surface area contributed by atoms with Crippen molar-refractivity contribution in [2.24, 2.45) is 5.41 Å². The van der Waals surface area contributed by atoms with Crippen molar-refractivity contribution in [3.05, 3.63) is 33.9 Å². The molecule has 1 amide bonds. The second kappa shape index (κ2) is 6.83. The number of rotatable bonds is 6. The van der Waals surface area contributed by atoms with Crippen molar-refractivity contribution in [1.82, 2.24) is 4.90 Å². The molecule has 9 heteroatoms. The van der Waals surface area contributed by atoms with Gasteiger partial charge in [-0.1, -0.05) is 0 Å². The van der Waals surface area contributed by atoms with Gasteiger partial charge in [0.1, 0.15) is 11.2 Å². The summed E-state index contributed by atoms with van der Waals surface area (Å²) in [6, 6.07) is 3.73. The first-order valence-electron chi connectivity index (χ1n) is 7.18. The van der Waals surface area contributed by atoms with Crippen LogP contribution >= 0.6 is 0 Å². The largest absolute Gasteiger partial charge is 0.496 e. The van der Waals surface area contributed by atoms with Gasteiger partial charge in [-0.05, 0) is 12.5 Å². The minimum atomic E-state index is -1.17. The molecule has 1 N–H and O–H groups in total. The molecule has 0 aliphatic carbocycles. The number of nitro benzene ring substituents is 1. The van der Waals surface area contributed by atoms with Crippen molar-refractivity contribution in [1.29, 1.82) is 0 Å². The zero-order valence-electron chi connectivity index (χ0n) is 13.4. The highest BCUT2D eigenvalue weighted by atomic mass is 16.6. The fourth-order valence-electron chi connectivity index (χ4n) is 2.82. The molecule has 1 atom stereocenters. The molecule has 1 fully saturated rings. The number of nitro groups is 1. The predicted molar refractivity (Wildman–Crippen MR) is 82.1 cm³/mol. The average Bonchev–Trinajstić information content (AvgIpc) is 2.99. The molecule has 1 unspecified atom stereocenters. The Morgan fingerprint density at radius 1 is 1.42 bits per heavy atom. The number of hydrogen-bond donors (Lipinski definition) is 1. The van der Waals surface area contributed by atoms with Crippen LogP contribution in [0.15, 0.2) is 18.2 Å². The second-order valence-corrected chi connectivity index (χ2v) is 5.64. The number of benzene rings is 1. The van der Waals surface area contributed by atoms with Crippen molar-refractivity contribution in [2.45, 2.75) is 6.42 Å². The van der Waals surface area contributed by atoms with Crippen LogP contribution in [-0.2, 0) is 9.53 Å². The number of carbonyl (C=O) groups excluding carboxylic acids is 1. The van der Waals surface area contributed by atoms with E-state index in [0.717, 1.165) is 6.07 Å². The Morgan fingerprint density at radius 2 is 2.12 bits per heavy atom. The average molecular weight is 338 g/mol. The molecular formula is C15H18N2O7. The number of nitrogens with zero attached hydrogens (tertiary/aromatic N) is 2. The van der Waals surface area contributed by atoms with Gasteiger partial charge in [0, 0.05) is 32.3 Å². The standard InChI is InChI=1S/C15H18N2O7/c1-23-9-15(14(19)20)5-6-16(8-15)13(18)11-7-10(17(21)22)3-4-12(11)24-2/h3-4,7H,5-6,8-9H2,1-2H3,(H,19,20). The first kappa shape index (κ1) is 17.7. The SMILES string of the molecule is COCC1(C(=O)O)CCN(C(=O)c2cc([N+](=O)[O-])ccc2OC)C1. The van der Waals surface area contributed by atoms with Crippen LogP contribution in [-0.4, -0.2) is 60.7 Å². The summed E-state index contributed by atoms with van der Waals surface area (Å²) in [7, 11) is 2.76. The Labute approximate surface area is 137 Å². The van der Waals surface area contributed by atoms with Crippen LogP contribution in [0.25, 0.3) is 0 Å². The number of aliphatic carboxylic acids is 1. The molecule has 1 aliphatic rings. The lowest BCUT2D eigenvalue weighted by atomic mass is 9.88. The molecule has 0 bridgehead atoms. The molecule has 24 heavy (non-hydrogen) atoms. The maximum Gasteiger partial charge on any atom is 0.313 e. The van der Waals surface area contributed by atoms with Gasteiger partial charge in [-0.25, -0.2) is 0 Å². The van der Waals surface area contributed by atoms with Gasteiger partial charge in [0.25, 0.3) is 11.6 Å². The van der Waals surface area contributed by atoms with Crippen LogP contribution in [0.1, 0.15) is 16.8 Å². The Bertz CT molecular complexity index is 676. The first-order chi connectivity index (χ1) is 11.3. The highest BCUT2D eigenvalue weighted by Crippen LogP contribution is 2.34. The van der Waals surface area contributed by atoms with E-state index in [9.17, 15) is 24.8 Å². The normalized spacial score (nSPS) is 20.0. The van der Waals surface area contributed by atoms with Crippen molar-refractivity contribution >= 4 is 17.6 Å². The van der Waals surface area contributed by atoms with Gasteiger partial charge in [0.15, 0.2) is 0 Å². The highest BCUT2D eigenvalue weighted by molar-refractivity contribution is 5.98. The molecule has 1 aromatic carbocycles. The number of amides is 1. The van der Waals surface area contributed by atoms with Gasteiger partial charge < -0.3 is 19.5 Å². The Kier molecular flexibility index (Phi) is 5.03. The summed E-state index contributed by atoms with van der Waals surface area (Å²) in [6.45, 7) is 0.180. The third-order valence-electron chi connectivity index (χ3n) is 4.14. The van der Waals surface area contributed by atoms with E-state index >= 15 is 0 Å². The predicted octanol–water partition coefficient (Wildman–Crippen LogP) is 1.17. The second-order valence-electron chi connectivity index (χ2n) is 5.64. The lowest BCUT2D eigenvalue weighted by Gasteiger charge is -2.24. The van der Waals surface area contributed by atoms with Crippen molar-refractivity contribution in [2.75, 3.05) is 33.9 Å². The Morgan fingerprint density at radius 3 is 2.67 bits per heavy atom. The maximum atomic E-state index is 12.7. The molecule has 0 radical (unpaired) electrons.